The van der Waals surface area contributed by atoms with Gasteiger partial charge in [0, 0.05) is 16.9 Å². The molecule has 1 aromatic rings. The van der Waals surface area contributed by atoms with Crippen LogP contribution in [-0.2, 0) is 10.5 Å². The van der Waals surface area contributed by atoms with Gasteiger partial charge in [-0.05, 0) is 26.3 Å². The number of thioether (sulfide) groups is 1. The summed E-state index contributed by atoms with van der Waals surface area (Å²) in [6, 6.07) is 8.09. The van der Waals surface area contributed by atoms with Crippen LogP contribution in [0, 0.1) is 6.92 Å². The smallest absolute Gasteiger partial charge is 0.150 e. The van der Waals surface area contributed by atoms with Gasteiger partial charge in [0.05, 0.1) is 6.04 Å². The summed E-state index contributed by atoms with van der Waals surface area (Å²) in [6.07, 6.45) is 0.510. The zero-order chi connectivity index (χ0) is 13.8. The number of hydrogen-bond donors (Lipinski definition) is 1. The van der Waals surface area contributed by atoms with Crippen LogP contribution in [0.5, 0.6) is 0 Å². The first-order valence-electron chi connectivity index (χ1n) is 6.34. The van der Waals surface area contributed by atoms with Gasteiger partial charge in [0.15, 0.2) is 5.78 Å². The van der Waals surface area contributed by atoms with Gasteiger partial charge in [0.25, 0.3) is 0 Å². The van der Waals surface area contributed by atoms with Crippen molar-refractivity contribution in [2.75, 3.05) is 0 Å². The zero-order valence-corrected chi connectivity index (χ0v) is 12.5. The molecular weight excluding hydrogens is 242 g/mol. The molecule has 0 fully saturated rings. The average molecular weight is 265 g/mol. The van der Waals surface area contributed by atoms with Gasteiger partial charge in [-0.1, -0.05) is 36.8 Å². The zero-order valence-electron chi connectivity index (χ0n) is 11.7. The first-order valence-corrected chi connectivity index (χ1v) is 7.33. The van der Waals surface area contributed by atoms with E-state index < -0.39 is 6.04 Å². The number of Topliss-reactive ketones (excluding diaryl/α,β-unsaturated/α-hetero) is 1. The van der Waals surface area contributed by atoms with Crippen LogP contribution in [0.1, 0.15) is 38.3 Å². The number of benzene rings is 1. The second-order valence-corrected chi connectivity index (χ2v) is 6.80. The van der Waals surface area contributed by atoms with Crippen LogP contribution in [0.3, 0.4) is 0 Å². The number of hydrogen-bond acceptors (Lipinski definition) is 3. The molecule has 0 spiro atoms. The monoisotopic (exact) mass is 265 g/mol. The Labute approximate surface area is 114 Å². The Balaban J connectivity index is 2.61. The van der Waals surface area contributed by atoms with E-state index in [0.29, 0.717) is 6.42 Å². The van der Waals surface area contributed by atoms with Crippen molar-refractivity contribution in [3.8, 4) is 0 Å². The summed E-state index contributed by atoms with van der Waals surface area (Å²) in [5.41, 5.74) is 8.56. The van der Waals surface area contributed by atoms with Gasteiger partial charge in [-0.25, -0.2) is 0 Å². The number of ketones is 1. The molecular formula is C15H23NOS. The lowest BCUT2D eigenvalue weighted by Crippen LogP contribution is -2.46. The molecule has 0 aliphatic carbocycles. The quantitative estimate of drug-likeness (QED) is 0.858. The summed E-state index contributed by atoms with van der Waals surface area (Å²) in [5, 5.41) is 0. The first kappa shape index (κ1) is 15.3. The SMILES string of the molecule is CCC(=O)C(N)C(C)(C)SCc1ccc(C)cc1. The second kappa shape index (κ2) is 6.39. The summed E-state index contributed by atoms with van der Waals surface area (Å²) >= 11 is 1.74. The van der Waals surface area contributed by atoms with Crippen molar-refractivity contribution >= 4 is 17.5 Å². The van der Waals surface area contributed by atoms with E-state index >= 15 is 0 Å². The molecule has 0 saturated heterocycles. The van der Waals surface area contributed by atoms with E-state index in [1.807, 2.05) is 20.8 Å². The highest BCUT2D eigenvalue weighted by atomic mass is 32.2. The van der Waals surface area contributed by atoms with Crippen molar-refractivity contribution in [3.63, 3.8) is 0 Å². The van der Waals surface area contributed by atoms with Crippen LogP contribution in [0.4, 0.5) is 0 Å². The van der Waals surface area contributed by atoms with Gasteiger partial charge >= 0.3 is 0 Å². The molecule has 0 aliphatic heterocycles. The lowest BCUT2D eigenvalue weighted by Gasteiger charge is -2.29. The van der Waals surface area contributed by atoms with E-state index in [2.05, 4.69) is 31.2 Å². The molecule has 1 rings (SSSR count). The Morgan fingerprint density at radius 2 is 1.89 bits per heavy atom. The van der Waals surface area contributed by atoms with Crippen molar-refractivity contribution in [3.05, 3.63) is 35.4 Å². The lowest BCUT2D eigenvalue weighted by atomic mass is 9.98. The van der Waals surface area contributed by atoms with Gasteiger partial charge in [0.1, 0.15) is 0 Å². The molecule has 0 amide bonds. The Bertz CT molecular complexity index is 397. The van der Waals surface area contributed by atoms with Gasteiger partial charge in [-0.3, -0.25) is 4.79 Å². The van der Waals surface area contributed by atoms with Crippen molar-refractivity contribution in [2.24, 2.45) is 5.73 Å². The average Bonchev–Trinajstić information content (AvgIpc) is 2.36. The normalized spacial score (nSPS) is 13.4. The molecule has 0 bridgehead atoms. The predicted octanol–water partition coefficient (Wildman–Crippen LogP) is 3.31. The minimum atomic E-state index is -0.391. The van der Waals surface area contributed by atoms with Crippen LogP contribution in [0.25, 0.3) is 0 Å². The van der Waals surface area contributed by atoms with Crippen LogP contribution in [-0.4, -0.2) is 16.6 Å². The van der Waals surface area contributed by atoms with Crippen LogP contribution < -0.4 is 5.73 Å². The largest absolute Gasteiger partial charge is 0.320 e. The third kappa shape index (κ3) is 4.14. The van der Waals surface area contributed by atoms with Crippen LogP contribution in [0.15, 0.2) is 24.3 Å². The van der Waals surface area contributed by atoms with Crippen LogP contribution in [0.2, 0.25) is 0 Å². The van der Waals surface area contributed by atoms with Gasteiger partial charge in [-0.15, -0.1) is 11.8 Å². The molecule has 0 aromatic heterocycles. The van der Waals surface area contributed by atoms with E-state index in [1.54, 1.807) is 11.8 Å². The highest BCUT2D eigenvalue weighted by Crippen LogP contribution is 2.31. The summed E-state index contributed by atoms with van der Waals surface area (Å²) < 4.78 is -0.224. The first-order chi connectivity index (χ1) is 8.36. The maximum Gasteiger partial charge on any atom is 0.150 e. The summed E-state index contributed by atoms with van der Waals surface area (Å²) in [4.78, 5) is 11.7. The van der Waals surface area contributed by atoms with Gasteiger partial charge in [0.2, 0.25) is 0 Å². The molecule has 18 heavy (non-hydrogen) atoms. The van der Waals surface area contributed by atoms with Crippen molar-refractivity contribution in [1.29, 1.82) is 0 Å². The van der Waals surface area contributed by atoms with E-state index in [-0.39, 0.29) is 10.5 Å². The molecule has 0 radical (unpaired) electrons. The number of carbonyl (C=O) groups excluding carboxylic acids is 1. The number of nitrogens with two attached hydrogens (primary N) is 1. The van der Waals surface area contributed by atoms with E-state index in [4.69, 9.17) is 5.73 Å². The van der Waals surface area contributed by atoms with Gasteiger partial charge < -0.3 is 5.73 Å². The fourth-order valence-corrected chi connectivity index (χ4v) is 2.69. The Morgan fingerprint density at radius 1 is 1.33 bits per heavy atom. The van der Waals surface area contributed by atoms with Crippen molar-refractivity contribution in [2.45, 2.75) is 50.7 Å². The third-order valence-electron chi connectivity index (χ3n) is 3.18. The molecule has 1 unspecified atom stereocenters. The molecule has 0 saturated carbocycles. The summed E-state index contributed by atoms with van der Waals surface area (Å²) in [6.45, 7) is 8.04. The standard InChI is InChI=1S/C15H23NOS/c1-5-13(17)14(16)15(3,4)18-10-12-8-6-11(2)7-9-12/h6-9,14H,5,10,16H2,1-4H3. The number of aryl methyl sites for hydroxylation is 1. The third-order valence-corrected chi connectivity index (χ3v) is 4.65. The number of rotatable bonds is 6. The fourth-order valence-electron chi connectivity index (χ4n) is 1.65. The molecule has 1 aromatic carbocycles. The molecule has 3 heteroatoms. The van der Waals surface area contributed by atoms with Crippen LogP contribution >= 0.6 is 11.8 Å². The summed E-state index contributed by atoms with van der Waals surface area (Å²) in [7, 11) is 0. The molecule has 100 valence electrons. The molecule has 2 nitrogen and oxygen atoms in total. The van der Waals surface area contributed by atoms with Gasteiger partial charge in [-0.2, -0.15) is 0 Å². The number of carbonyl (C=O) groups is 1. The topological polar surface area (TPSA) is 43.1 Å². The minimum Gasteiger partial charge on any atom is -0.320 e. The fraction of sp³-hybridized carbons (Fsp3) is 0.533. The minimum absolute atomic E-state index is 0.136. The second-order valence-electron chi connectivity index (χ2n) is 5.18. The maximum atomic E-state index is 11.7. The van der Waals surface area contributed by atoms with Crippen molar-refractivity contribution < 1.29 is 4.79 Å². The molecule has 0 aliphatic rings. The Hall–Kier alpha value is -0.800. The maximum absolute atomic E-state index is 11.7. The Kier molecular flexibility index (Phi) is 5.42. The van der Waals surface area contributed by atoms with E-state index in [9.17, 15) is 4.79 Å². The Morgan fingerprint density at radius 3 is 2.39 bits per heavy atom. The van der Waals surface area contributed by atoms with Crippen molar-refractivity contribution in [1.82, 2.24) is 0 Å². The molecule has 2 N–H and O–H groups in total. The lowest BCUT2D eigenvalue weighted by molar-refractivity contribution is -0.120. The van der Waals surface area contributed by atoms with E-state index in [1.165, 1.54) is 11.1 Å². The van der Waals surface area contributed by atoms with E-state index in [0.717, 1.165) is 5.75 Å². The highest BCUT2D eigenvalue weighted by Gasteiger charge is 2.31. The molecule has 1 atom stereocenters. The predicted molar refractivity (Wildman–Crippen MR) is 79.8 cm³/mol. The summed E-state index contributed by atoms with van der Waals surface area (Å²) in [5.74, 6) is 1.02. The highest BCUT2D eigenvalue weighted by molar-refractivity contribution is 7.99. The molecule has 0 heterocycles.